The van der Waals surface area contributed by atoms with E-state index in [9.17, 15) is 4.79 Å². The van der Waals surface area contributed by atoms with E-state index < -0.39 is 0 Å². The monoisotopic (exact) mass is 359 g/mol. The van der Waals surface area contributed by atoms with Gasteiger partial charge in [0.05, 0.1) is 19.8 Å². The Bertz CT molecular complexity index is 808. The van der Waals surface area contributed by atoms with Crippen molar-refractivity contribution in [2.24, 2.45) is 0 Å². The van der Waals surface area contributed by atoms with Crippen LogP contribution in [0.1, 0.15) is 5.56 Å². The van der Waals surface area contributed by atoms with E-state index in [0.29, 0.717) is 0 Å². The Morgan fingerprint density at radius 3 is 2.73 bits per heavy atom. The number of amides is 1. The SMILES string of the molecule is COc1ccc2occ(CC(=O)Nc3ccc(Br)cc3)c2c1. The molecule has 0 aliphatic rings. The molecule has 112 valence electrons. The minimum absolute atomic E-state index is 0.0900. The number of furan rings is 1. The molecule has 22 heavy (non-hydrogen) atoms. The molecular weight excluding hydrogens is 346 g/mol. The van der Waals surface area contributed by atoms with Gasteiger partial charge in [0, 0.05) is 21.1 Å². The van der Waals surface area contributed by atoms with Gasteiger partial charge >= 0.3 is 0 Å². The zero-order valence-electron chi connectivity index (χ0n) is 11.9. The molecule has 0 bridgehead atoms. The molecule has 1 heterocycles. The minimum atomic E-state index is -0.0900. The fraction of sp³-hybridized carbons (Fsp3) is 0.118. The van der Waals surface area contributed by atoms with Gasteiger partial charge in [-0.2, -0.15) is 0 Å². The average Bonchev–Trinajstić information content (AvgIpc) is 2.91. The van der Waals surface area contributed by atoms with E-state index in [2.05, 4.69) is 21.2 Å². The number of fused-ring (bicyclic) bond motifs is 1. The van der Waals surface area contributed by atoms with Gasteiger partial charge in [0.15, 0.2) is 0 Å². The van der Waals surface area contributed by atoms with Crippen molar-refractivity contribution in [2.45, 2.75) is 6.42 Å². The smallest absolute Gasteiger partial charge is 0.228 e. The molecule has 0 radical (unpaired) electrons. The predicted molar refractivity (Wildman–Crippen MR) is 89.2 cm³/mol. The van der Waals surface area contributed by atoms with Gasteiger partial charge in [-0.1, -0.05) is 15.9 Å². The molecule has 1 aromatic heterocycles. The summed E-state index contributed by atoms with van der Waals surface area (Å²) < 4.78 is 11.7. The fourth-order valence-electron chi connectivity index (χ4n) is 2.24. The third-order valence-electron chi connectivity index (χ3n) is 3.34. The third-order valence-corrected chi connectivity index (χ3v) is 3.87. The van der Waals surface area contributed by atoms with E-state index in [1.54, 1.807) is 13.4 Å². The number of ether oxygens (including phenoxy) is 1. The number of carbonyl (C=O) groups is 1. The van der Waals surface area contributed by atoms with Crippen LogP contribution in [0.3, 0.4) is 0 Å². The molecular formula is C17H14BrNO3. The first kappa shape index (κ1) is 14.7. The van der Waals surface area contributed by atoms with E-state index in [1.807, 2.05) is 42.5 Å². The molecule has 1 amide bonds. The number of benzene rings is 2. The van der Waals surface area contributed by atoms with Gasteiger partial charge in [0.25, 0.3) is 0 Å². The predicted octanol–water partition coefficient (Wildman–Crippen LogP) is 4.39. The van der Waals surface area contributed by atoms with Crippen LogP contribution in [0, 0.1) is 0 Å². The first-order chi connectivity index (χ1) is 10.7. The van der Waals surface area contributed by atoms with Gasteiger partial charge < -0.3 is 14.5 Å². The van der Waals surface area contributed by atoms with Gasteiger partial charge in [-0.3, -0.25) is 4.79 Å². The average molecular weight is 360 g/mol. The normalized spacial score (nSPS) is 10.6. The van der Waals surface area contributed by atoms with Crippen molar-refractivity contribution in [3.8, 4) is 5.75 Å². The summed E-state index contributed by atoms with van der Waals surface area (Å²) in [6.45, 7) is 0. The summed E-state index contributed by atoms with van der Waals surface area (Å²) in [6, 6.07) is 13.0. The van der Waals surface area contributed by atoms with Crippen molar-refractivity contribution in [1.29, 1.82) is 0 Å². The Morgan fingerprint density at radius 1 is 1.23 bits per heavy atom. The summed E-state index contributed by atoms with van der Waals surface area (Å²) in [7, 11) is 1.61. The molecule has 0 spiro atoms. The van der Waals surface area contributed by atoms with E-state index in [1.165, 1.54) is 0 Å². The van der Waals surface area contributed by atoms with Crippen molar-refractivity contribution < 1.29 is 13.9 Å². The van der Waals surface area contributed by atoms with Gasteiger partial charge in [-0.05, 0) is 42.5 Å². The van der Waals surface area contributed by atoms with Crippen LogP contribution >= 0.6 is 15.9 Å². The highest BCUT2D eigenvalue weighted by atomic mass is 79.9. The van der Waals surface area contributed by atoms with Crippen LogP contribution in [0.5, 0.6) is 5.75 Å². The lowest BCUT2D eigenvalue weighted by Crippen LogP contribution is -2.14. The van der Waals surface area contributed by atoms with Gasteiger partial charge in [0.1, 0.15) is 11.3 Å². The molecule has 0 atom stereocenters. The van der Waals surface area contributed by atoms with Crippen molar-refractivity contribution in [3.63, 3.8) is 0 Å². The van der Waals surface area contributed by atoms with Crippen LogP contribution in [0.2, 0.25) is 0 Å². The van der Waals surface area contributed by atoms with Crippen molar-refractivity contribution in [1.82, 2.24) is 0 Å². The fourth-order valence-corrected chi connectivity index (χ4v) is 2.50. The van der Waals surface area contributed by atoms with Crippen LogP contribution in [0.15, 0.2) is 57.6 Å². The lowest BCUT2D eigenvalue weighted by Gasteiger charge is -2.05. The second-order valence-corrected chi connectivity index (χ2v) is 5.77. The summed E-state index contributed by atoms with van der Waals surface area (Å²) in [4.78, 5) is 12.2. The lowest BCUT2D eigenvalue weighted by atomic mass is 10.1. The maximum atomic E-state index is 12.2. The molecule has 0 fully saturated rings. The van der Waals surface area contributed by atoms with Crippen molar-refractivity contribution in [2.75, 3.05) is 12.4 Å². The summed E-state index contributed by atoms with van der Waals surface area (Å²) in [5.74, 6) is 0.649. The summed E-state index contributed by atoms with van der Waals surface area (Å²) in [5, 5.41) is 3.76. The number of halogens is 1. The summed E-state index contributed by atoms with van der Waals surface area (Å²) in [6.07, 6.45) is 1.86. The standard InChI is InChI=1S/C17H14BrNO3/c1-21-14-6-7-16-15(9-14)11(10-22-16)8-17(20)19-13-4-2-12(18)3-5-13/h2-7,9-10H,8H2,1H3,(H,19,20). The molecule has 3 aromatic rings. The quantitative estimate of drug-likeness (QED) is 0.751. The molecule has 2 aromatic carbocycles. The number of hydrogen-bond donors (Lipinski definition) is 1. The molecule has 0 aliphatic carbocycles. The number of methoxy groups -OCH3 is 1. The maximum Gasteiger partial charge on any atom is 0.228 e. The van der Waals surface area contributed by atoms with Crippen LogP contribution < -0.4 is 10.1 Å². The van der Waals surface area contributed by atoms with E-state index in [4.69, 9.17) is 9.15 Å². The first-order valence-corrected chi connectivity index (χ1v) is 7.54. The second-order valence-electron chi connectivity index (χ2n) is 4.85. The van der Waals surface area contributed by atoms with Crippen molar-refractivity contribution >= 4 is 38.5 Å². The summed E-state index contributed by atoms with van der Waals surface area (Å²) >= 11 is 3.36. The number of rotatable bonds is 4. The lowest BCUT2D eigenvalue weighted by molar-refractivity contribution is -0.115. The number of anilines is 1. The van der Waals surface area contributed by atoms with E-state index in [-0.39, 0.29) is 12.3 Å². The molecule has 0 unspecified atom stereocenters. The molecule has 1 N–H and O–H groups in total. The Balaban J connectivity index is 1.77. The summed E-state index contributed by atoms with van der Waals surface area (Å²) in [5.41, 5.74) is 2.34. The third kappa shape index (κ3) is 3.14. The van der Waals surface area contributed by atoms with Gasteiger partial charge in [-0.25, -0.2) is 0 Å². The molecule has 5 heteroatoms. The Morgan fingerprint density at radius 2 is 2.00 bits per heavy atom. The molecule has 0 saturated heterocycles. The van der Waals surface area contributed by atoms with E-state index >= 15 is 0 Å². The topological polar surface area (TPSA) is 51.5 Å². The number of nitrogens with one attached hydrogen (secondary N) is 1. The molecule has 4 nitrogen and oxygen atoms in total. The van der Waals surface area contributed by atoms with Gasteiger partial charge in [0.2, 0.25) is 5.91 Å². The van der Waals surface area contributed by atoms with Crippen LogP contribution in [-0.4, -0.2) is 13.0 Å². The maximum absolute atomic E-state index is 12.2. The van der Waals surface area contributed by atoms with E-state index in [0.717, 1.165) is 32.4 Å². The Labute approximate surface area is 136 Å². The highest BCUT2D eigenvalue weighted by molar-refractivity contribution is 9.10. The Hall–Kier alpha value is -2.27. The molecule has 0 saturated carbocycles. The van der Waals surface area contributed by atoms with Crippen LogP contribution in [0.4, 0.5) is 5.69 Å². The zero-order chi connectivity index (χ0) is 15.5. The van der Waals surface area contributed by atoms with Gasteiger partial charge in [-0.15, -0.1) is 0 Å². The largest absolute Gasteiger partial charge is 0.497 e. The zero-order valence-corrected chi connectivity index (χ0v) is 13.5. The number of carbonyl (C=O) groups excluding carboxylic acids is 1. The highest BCUT2D eigenvalue weighted by Crippen LogP contribution is 2.26. The highest BCUT2D eigenvalue weighted by Gasteiger charge is 2.11. The minimum Gasteiger partial charge on any atom is -0.497 e. The Kier molecular flexibility index (Phi) is 4.15. The number of hydrogen-bond acceptors (Lipinski definition) is 3. The van der Waals surface area contributed by atoms with Crippen LogP contribution in [-0.2, 0) is 11.2 Å². The second kappa shape index (κ2) is 6.23. The van der Waals surface area contributed by atoms with Crippen LogP contribution in [0.25, 0.3) is 11.0 Å². The van der Waals surface area contributed by atoms with Crippen molar-refractivity contribution in [3.05, 3.63) is 58.8 Å². The molecule has 0 aliphatic heterocycles. The molecule has 3 rings (SSSR count). The first-order valence-electron chi connectivity index (χ1n) is 6.75.